The van der Waals surface area contributed by atoms with E-state index in [0.717, 1.165) is 37.0 Å². The van der Waals surface area contributed by atoms with E-state index in [-0.39, 0.29) is 16.8 Å². The fourth-order valence-corrected chi connectivity index (χ4v) is 4.36. The van der Waals surface area contributed by atoms with Crippen LogP contribution in [0, 0.1) is 11.6 Å². The first kappa shape index (κ1) is 21.0. The lowest BCUT2D eigenvalue weighted by Gasteiger charge is -2.29. The summed E-state index contributed by atoms with van der Waals surface area (Å²) in [5.74, 6) is -2.11. The topological polar surface area (TPSA) is 71.6 Å². The van der Waals surface area contributed by atoms with Crippen LogP contribution in [0.25, 0.3) is 5.65 Å². The summed E-state index contributed by atoms with van der Waals surface area (Å²) in [5, 5.41) is 6.51. The molecule has 0 unspecified atom stereocenters. The first-order chi connectivity index (χ1) is 15.9. The molecule has 0 aliphatic carbocycles. The van der Waals surface area contributed by atoms with E-state index in [1.807, 2.05) is 18.2 Å². The second-order valence-electron chi connectivity index (χ2n) is 8.11. The van der Waals surface area contributed by atoms with Gasteiger partial charge in [0.15, 0.2) is 5.65 Å². The summed E-state index contributed by atoms with van der Waals surface area (Å²) in [4.78, 5) is 28.3. The Labute approximate surface area is 187 Å². The third-order valence-corrected chi connectivity index (χ3v) is 5.98. The molecule has 0 saturated heterocycles. The van der Waals surface area contributed by atoms with Crippen molar-refractivity contribution < 1.29 is 13.6 Å². The number of anilines is 1. The third-order valence-electron chi connectivity index (χ3n) is 5.98. The van der Waals surface area contributed by atoms with E-state index in [0.29, 0.717) is 24.2 Å². The molecule has 1 aliphatic rings. The van der Waals surface area contributed by atoms with Gasteiger partial charge in [0.25, 0.3) is 11.5 Å². The van der Waals surface area contributed by atoms with Gasteiger partial charge in [-0.1, -0.05) is 30.3 Å². The van der Waals surface area contributed by atoms with Gasteiger partial charge in [-0.15, -0.1) is 0 Å². The molecule has 0 radical (unpaired) electrons. The Hall–Kier alpha value is -3.85. The Morgan fingerprint density at radius 1 is 1.15 bits per heavy atom. The molecule has 2 aromatic carbocycles. The average Bonchev–Trinajstić information content (AvgIpc) is 3.26. The number of nitrogens with zero attached hydrogens (tertiary/aromatic N) is 4. The van der Waals surface area contributed by atoms with Crippen LogP contribution in [0.15, 0.2) is 59.5 Å². The molecule has 5 rings (SSSR count). The van der Waals surface area contributed by atoms with Crippen LogP contribution in [0.5, 0.6) is 0 Å². The zero-order valence-corrected chi connectivity index (χ0v) is 17.9. The highest BCUT2D eigenvalue weighted by Crippen LogP contribution is 2.22. The molecule has 9 heteroatoms. The van der Waals surface area contributed by atoms with Crippen molar-refractivity contribution in [3.8, 4) is 0 Å². The van der Waals surface area contributed by atoms with Crippen molar-refractivity contribution >= 4 is 17.2 Å². The van der Waals surface area contributed by atoms with E-state index >= 15 is 0 Å². The number of hydrogen-bond acceptors (Lipinski definition) is 4. The van der Waals surface area contributed by atoms with Crippen molar-refractivity contribution in [3.05, 3.63) is 99.1 Å². The van der Waals surface area contributed by atoms with Gasteiger partial charge in [-0.05, 0) is 17.7 Å². The number of benzene rings is 2. The molecule has 1 aliphatic heterocycles. The van der Waals surface area contributed by atoms with Crippen LogP contribution >= 0.6 is 0 Å². The van der Waals surface area contributed by atoms with Crippen molar-refractivity contribution in [1.29, 1.82) is 0 Å². The van der Waals surface area contributed by atoms with Crippen LogP contribution in [0.3, 0.4) is 0 Å². The normalized spacial score (nSPS) is 13.8. The number of carbonyl (C=O) groups excluding carboxylic acids is 1. The number of rotatable bonds is 4. The Morgan fingerprint density at radius 3 is 2.73 bits per heavy atom. The van der Waals surface area contributed by atoms with E-state index in [1.165, 1.54) is 16.3 Å². The Bertz CT molecular complexity index is 1430. The van der Waals surface area contributed by atoms with Crippen molar-refractivity contribution in [3.63, 3.8) is 0 Å². The third kappa shape index (κ3) is 3.80. The van der Waals surface area contributed by atoms with Crippen molar-refractivity contribution in [2.75, 3.05) is 11.9 Å². The van der Waals surface area contributed by atoms with Gasteiger partial charge in [-0.2, -0.15) is 9.61 Å². The minimum Gasteiger partial charge on any atom is -0.332 e. The van der Waals surface area contributed by atoms with Crippen LogP contribution in [0.2, 0.25) is 0 Å². The number of aryl methyl sites for hydroxylation is 1. The lowest BCUT2D eigenvalue weighted by molar-refractivity contribution is 0.102. The summed E-state index contributed by atoms with van der Waals surface area (Å²) in [6, 6.07) is 12.9. The van der Waals surface area contributed by atoms with Crippen LogP contribution in [-0.2, 0) is 26.6 Å². The Balaban J connectivity index is 1.49. The van der Waals surface area contributed by atoms with Crippen molar-refractivity contribution in [1.82, 2.24) is 19.1 Å². The summed E-state index contributed by atoms with van der Waals surface area (Å²) in [7, 11) is 1.78. The van der Waals surface area contributed by atoms with Gasteiger partial charge in [0.2, 0.25) is 0 Å². The molecule has 2 aromatic heterocycles. The maximum Gasteiger partial charge on any atom is 0.279 e. The molecule has 3 heterocycles. The van der Waals surface area contributed by atoms with E-state index < -0.39 is 17.5 Å². The van der Waals surface area contributed by atoms with Gasteiger partial charge in [0, 0.05) is 44.9 Å². The second kappa shape index (κ2) is 8.25. The average molecular weight is 449 g/mol. The SMILES string of the molecule is Cn1c2c(c(=O)n3ncc(C(=O)Nc4cc(F)ccc4F)c13)CN(Cc1ccccc1)CC2. The lowest BCUT2D eigenvalue weighted by Crippen LogP contribution is -2.38. The summed E-state index contributed by atoms with van der Waals surface area (Å²) < 4.78 is 30.5. The van der Waals surface area contributed by atoms with Crippen molar-refractivity contribution in [2.45, 2.75) is 19.5 Å². The van der Waals surface area contributed by atoms with Gasteiger partial charge < -0.3 is 9.88 Å². The molecule has 7 nitrogen and oxygen atoms in total. The number of halogens is 2. The zero-order chi connectivity index (χ0) is 23.1. The molecule has 0 saturated carbocycles. The predicted octanol–water partition coefficient (Wildman–Crippen LogP) is 3.12. The van der Waals surface area contributed by atoms with E-state index in [2.05, 4.69) is 27.4 Å². The maximum absolute atomic E-state index is 14.0. The Kier molecular flexibility index (Phi) is 5.26. The van der Waals surface area contributed by atoms with Gasteiger partial charge in [-0.25, -0.2) is 8.78 Å². The molecule has 0 bridgehead atoms. The number of amides is 1. The smallest absolute Gasteiger partial charge is 0.279 e. The summed E-state index contributed by atoms with van der Waals surface area (Å²) in [6.07, 6.45) is 1.91. The van der Waals surface area contributed by atoms with Crippen LogP contribution < -0.4 is 10.9 Å². The minimum absolute atomic E-state index is 0.104. The zero-order valence-electron chi connectivity index (χ0n) is 17.9. The quantitative estimate of drug-likeness (QED) is 0.520. The monoisotopic (exact) mass is 449 g/mol. The molecule has 1 amide bonds. The second-order valence-corrected chi connectivity index (χ2v) is 8.11. The number of carbonyl (C=O) groups is 1. The summed E-state index contributed by atoms with van der Waals surface area (Å²) in [5.41, 5.74) is 2.49. The standard InChI is InChI=1S/C24H21F2N5O2/c1-29-21-9-10-30(13-15-5-3-2-4-6-15)14-18(21)24(33)31-23(29)17(12-27-31)22(32)28-20-11-16(25)7-8-19(20)26/h2-8,11-12H,9-10,13-14H2,1H3,(H,28,32). The summed E-state index contributed by atoms with van der Waals surface area (Å²) in [6.45, 7) is 1.96. The largest absolute Gasteiger partial charge is 0.332 e. The molecule has 0 atom stereocenters. The van der Waals surface area contributed by atoms with E-state index in [1.54, 1.807) is 11.6 Å². The first-order valence-corrected chi connectivity index (χ1v) is 10.5. The van der Waals surface area contributed by atoms with Crippen molar-refractivity contribution in [2.24, 2.45) is 7.05 Å². The molecule has 33 heavy (non-hydrogen) atoms. The lowest BCUT2D eigenvalue weighted by atomic mass is 10.1. The fraction of sp³-hybridized carbons (Fsp3) is 0.208. The van der Waals surface area contributed by atoms with Gasteiger partial charge in [0.1, 0.15) is 17.2 Å². The van der Waals surface area contributed by atoms with Crippen LogP contribution in [0.1, 0.15) is 27.2 Å². The molecule has 0 fully saturated rings. The molecular weight excluding hydrogens is 428 g/mol. The summed E-state index contributed by atoms with van der Waals surface area (Å²) >= 11 is 0. The molecule has 0 spiro atoms. The number of fused-ring (bicyclic) bond motifs is 2. The molecule has 168 valence electrons. The number of hydrogen-bond donors (Lipinski definition) is 1. The van der Waals surface area contributed by atoms with E-state index in [9.17, 15) is 18.4 Å². The van der Waals surface area contributed by atoms with Gasteiger partial charge in [-0.3, -0.25) is 14.5 Å². The molecule has 1 N–H and O–H groups in total. The number of aromatic nitrogens is 3. The van der Waals surface area contributed by atoms with Crippen LogP contribution in [-0.4, -0.2) is 31.5 Å². The van der Waals surface area contributed by atoms with Gasteiger partial charge in [0.05, 0.1) is 17.4 Å². The predicted molar refractivity (Wildman–Crippen MR) is 119 cm³/mol. The number of nitrogens with one attached hydrogen (secondary N) is 1. The highest BCUT2D eigenvalue weighted by molar-refractivity contribution is 6.08. The minimum atomic E-state index is -0.758. The highest BCUT2D eigenvalue weighted by Gasteiger charge is 2.26. The molecular formula is C24H21F2N5O2. The van der Waals surface area contributed by atoms with Crippen LogP contribution in [0.4, 0.5) is 14.5 Å². The maximum atomic E-state index is 14.0. The van der Waals surface area contributed by atoms with Gasteiger partial charge >= 0.3 is 0 Å². The van der Waals surface area contributed by atoms with E-state index in [4.69, 9.17) is 0 Å². The Morgan fingerprint density at radius 2 is 1.94 bits per heavy atom. The molecule has 4 aromatic rings. The fourth-order valence-electron chi connectivity index (χ4n) is 4.36. The highest BCUT2D eigenvalue weighted by atomic mass is 19.1. The first-order valence-electron chi connectivity index (χ1n) is 10.5.